The Morgan fingerprint density at radius 1 is 1.10 bits per heavy atom. The van der Waals surface area contributed by atoms with Gasteiger partial charge in [0.2, 0.25) is 0 Å². The molecule has 0 heterocycles. The van der Waals surface area contributed by atoms with Crippen LogP contribution >= 0.6 is 0 Å². The Kier molecular flexibility index (Phi) is 8.64. The Morgan fingerprint density at radius 2 is 1.60 bits per heavy atom. The fourth-order valence-corrected chi connectivity index (χ4v) is 3.96. The lowest BCUT2D eigenvalue weighted by molar-refractivity contribution is -0.160. The molecule has 1 atom stereocenters. The van der Waals surface area contributed by atoms with E-state index in [1.165, 1.54) is 6.92 Å². The zero-order chi connectivity index (χ0) is 15.8. The zero-order valence-corrected chi connectivity index (χ0v) is 13.2. The monoisotopic (exact) mass is 307 g/mol. The first-order chi connectivity index (χ1) is 9.28. The summed E-state index contributed by atoms with van der Waals surface area (Å²) >= 11 is 0. The van der Waals surface area contributed by atoms with Gasteiger partial charge in [0.05, 0.1) is 11.0 Å². The first kappa shape index (κ1) is 19.1. The third-order valence-electron chi connectivity index (χ3n) is 2.95. The van der Waals surface area contributed by atoms with Crippen LogP contribution in [-0.4, -0.2) is 37.4 Å². The van der Waals surface area contributed by atoms with Gasteiger partial charge < -0.3 is 10.5 Å². The molecule has 118 valence electrons. The van der Waals surface area contributed by atoms with Crippen LogP contribution in [0.5, 0.6) is 0 Å². The van der Waals surface area contributed by atoms with Crippen molar-refractivity contribution in [2.24, 2.45) is 5.73 Å². The van der Waals surface area contributed by atoms with E-state index in [-0.39, 0.29) is 6.42 Å². The van der Waals surface area contributed by atoms with Gasteiger partial charge in [-0.1, -0.05) is 33.6 Å². The molecule has 0 aliphatic carbocycles. The molecule has 0 fully saturated rings. The summed E-state index contributed by atoms with van der Waals surface area (Å²) < 4.78 is 28.9. The van der Waals surface area contributed by atoms with Crippen LogP contribution in [0.15, 0.2) is 0 Å². The van der Waals surface area contributed by atoms with Crippen LogP contribution in [0.25, 0.3) is 0 Å². The lowest BCUT2D eigenvalue weighted by atomic mass is 10.2. The maximum Gasteiger partial charge on any atom is 0.331 e. The molecule has 0 aromatic heterocycles. The van der Waals surface area contributed by atoms with Crippen LogP contribution < -0.4 is 5.73 Å². The third-order valence-corrected chi connectivity index (χ3v) is 5.26. The molecule has 0 radical (unpaired) electrons. The molecule has 0 rings (SSSR count). The first-order valence-corrected chi connectivity index (χ1v) is 8.71. The Morgan fingerprint density at radius 3 is 2.00 bits per heavy atom. The van der Waals surface area contributed by atoms with Gasteiger partial charge in [0.1, 0.15) is 6.04 Å². The van der Waals surface area contributed by atoms with Crippen molar-refractivity contribution in [3.63, 3.8) is 0 Å². The summed E-state index contributed by atoms with van der Waals surface area (Å²) in [5, 5.41) is -0.488. The molecular weight excluding hydrogens is 282 g/mol. The predicted molar refractivity (Wildman–Crippen MR) is 76.8 cm³/mol. The van der Waals surface area contributed by atoms with E-state index in [2.05, 4.69) is 4.74 Å². The summed E-state index contributed by atoms with van der Waals surface area (Å²) in [7, 11) is -3.47. The molecule has 7 heteroatoms. The molecule has 0 spiro atoms. The number of carbonyl (C=O) groups is 2. The van der Waals surface area contributed by atoms with E-state index < -0.39 is 38.8 Å². The van der Waals surface area contributed by atoms with E-state index in [9.17, 15) is 18.0 Å². The normalized spacial score (nSPS) is 13.2. The molecular formula is C13H25NO5S. The highest BCUT2D eigenvalue weighted by Gasteiger charge is 2.30. The molecule has 0 amide bonds. The number of hydrogen-bond acceptors (Lipinski definition) is 6. The Hall–Kier alpha value is -0.950. The van der Waals surface area contributed by atoms with Crippen LogP contribution in [0.1, 0.15) is 52.9 Å². The number of nitrogens with two attached hydrogens (primary N) is 1. The van der Waals surface area contributed by atoms with Crippen molar-refractivity contribution in [1.29, 1.82) is 0 Å². The SMILES string of the molecule is CCCC(CCC)S(=O)(=O)C[C@@H](N)C(=O)OC(=O)CC. The van der Waals surface area contributed by atoms with Crippen molar-refractivity contribution in [1.82, 2.24) is 0 Å². The van der Waals surface area contributed by atoms with E-state index >= 15 is 0 Å². The minimum absolute atomic E-state index is 0.0412. The quantitative estimate of drug-likeness (QED) is 0.506. The average molecular weight is 307 g/mol. The van der Waals surface area contributed by atoms with E-state index in [1.807, 2.05) is 13.8 Å². The van der Waals surface area contributed by atoms with Crippen molar-refractivity contribution in [2.75, 3.05) is 5.75 Å². The van der Waals surface area contributed by atoms with Crippen molar-refractivity contribution in [3.8, 4) is 0 Å². The fourth-order valence-electron chi connectivity index (χ4n) is 1.86. The topological polar surface area (TPSA) is 104 Å². The van der Waals surface area contributed by atoms with Gasteiger partial charge in [-0.05, 0) is 12.8 Å². The molecule has 0 saturated heterocycles. The lowest BCUT2D eigenvalue weighted by Crippen LogP contribution is -2.42. The zero-order valence-electron chi connectivity index (χ0n) is 12.4. The van der Waals surface area contributed by atoms with Crippen LogP contribution in [0.4, 0.5) is 0 Å². The summed E-state index contributed by atoms with van der Waals surface area (Å²) in [6.45, 7) is 5.36. The number of rotatable bonds is 9. The number of esters is 2. The molecule has 2 N–H and O–H groups in total. The highest BCUT2D eigenvalue weighted by molar-refractivity contribution is 7.92. The fraction of sp³-hybridized carbons (Fsp3) is 0.846. The lowest BCUT2D eigenvalue weighted by Gasteiger charge is -2.18. The molecule has 6 nitrogen and oxygen atoms in total. The molecule has 20 heavy (non-hydrogen) atoms. The third kappa shape index (κ3) is 6.47. The number of carbonyl (C=O) groups excluding carboxylic acids is 2. The number of sulfone groups is 1. The van der Waals surface area contributed by atoms with E-state index in [1.54, 1.807) is 0 Å². The van der Waals surface area contributed by atoms with Gasteiger partial charge in [-0.15, -0.1) is 0 Å². The maximum absolute atomic E-state index is 12.2. The van der Waals surface area contributed by atoms with Gasteiger partial charge in [-0.25, -0.2) is 13.2 Å². The van der Waals surface area contributed by atoms with Gasteiger partial charge in [-0.2, -0.15) is 0 Å². The number of ether oxygens (including phenoxy) is 1. The van der Waals surface area contributed by atoms with Gasteiger partial charge in [0, 0.05) is 6.42 Å². The molecule has 0 aliphatic heterocycles. The van der Waals surface area contributed by atoms with Crippen molar-refractivity contribution in [2.45, 2.75) is 64.2 Å². The van der Waals surface area contributed by atoms with Crippen molar-refractivity contribution in [3.05, 3.63) is 0 Å². The van der Waals surface area contributed by atoms with Gasteiger partial charge in [-0.3, -0.25) is 4.79 Å². The molecule has 0 aliphatic rings. The molecule has 0 aromatic rings. The molecule has 0 aromatic carbocycles. The predicted octanol–water partition coefficient (Wildman–Crippen LogP) is 1.18. The number of hydrogen-bond donors (Lipinski definition) is 1. The Balaban J connectivity index is 4.71. The minimum atomic E-state index is -3.47. The van der Waals surface area contributed by atoms with E-state index in [0.29, 0.717) is 12.8 Å². The standard InChI is InChI=1S/C13H25NO5S/c1-4-7-10(8-5-2)20(17,18)9-11(14)13(16)19-12(15)6-3/h10-11H,4-9,14H2,1-3H3/t11-/m1/s1. The van der Waals surface area contributed by atoms with Crippen LogP contribution in [0.2, 0.25) is 0 Å². The summed E-state index contributed by atoms with van der Waals surface area (Å²) in [4.78, 5) is 22.5. The highest BCUT2D eigenvalue weighted by atomic mass is 32.2. The highest BCUT2D eigenvalue weighted by Crippen LogP contribution is 2.16. The van der Waals surface area contributed by atoms with Gasteiger partial charge in [0.15, 0.2) is 9.84 Å². The summed E-state index contributed by atoms with van der Waals surface area (Å²) in [5.41, 5.74) is 5.53. The van der Waals surface area contributed by atoms with E-state index in [0.717, 1.165) is 12.8 Å². The van der Waals surface area contributed by atoms with Crippen LogP contribution in [0, 0.1) is 0 Å². The average Bonchev–Trinajstić information content (AvgIpc) is 2.37. The Labute approximate surface area is 121 Å². The molecule has 0 bridgehead atoms. The van der Waals surface area contributed by atoms with Crippen molar-refractivity contribution < 1.29 is 22.7 Å². The summed E-state index contributed by atoms with van der Waals surface area (Å²) in [6, 6.07) is -1.31. The second kappa shape index (κ2) is 9.07. The minimum Gasteiger partial charge on any atom is -0.392 e. The van der Waals surface area contributed by atoms with Crippen molar-refractivity contribution >= 4 is 21.8 Å². The summed E-state index contributed by atoms with van der Waals surface area (Å²) in [6.07, 6.45) is 2.63. The second-order valence-corrected chi connectivity index (χ2v) is 7.11. The van der Waals surface area contributed by atoms with Crippen LogP contribution in [0.3, 0.4) is 0 Å². The second-order valence-electron chi connectivity index (χ2n) is 4.78. The van der Waals surface area contributed by atoms with Gasteiger partial charge >= 0.3 is 11.9 Å². The van der Waals surface area contributed by atoms with E-state index in [4.69, 9.17) is 5.73 Å². The maximum atomic E-state index is 12.2. The Bertz CT molecular complexity index is 412. The molecule has 0 saturated carbocycles. The first-order valence-electron chi connectivity index (χ1n) is 7.00. The van der Waals surface area contributed by atoms with Crippen LogP contribution in [-0.2, 0) is 24.2 Å². The summed E-state index contributed by atoms with van der Waals surface area (Å²) in [5.74, 6) is -2.17. The largest absolute Gasteiger partial charge is 0.392 e. The van der Waals surface area contributed by atoms with Gasteiger partial charge in [0.25, 0.3) is 0 Å². The molecule has 0 unspecified atom stereocenters. The smallest absolute Gasteiger partial charge is 0.331 e.